The van der Waals surface area contributed by atoms with Crippen LogP contribution in [0.2, 0.25) is 0 Å². The summed E-state index contributed by atoms with van der Waals surface area (Å²) in [6.07, 6.45) is 0. The van der Waals surface area contributed by atoms with Crippen LogP contribution >= 0.6 is 36.4 Å². The van der Waals surface area contributed by atoms with Gasteiger partial charge in [0.25, 0.3) is 10.1 Å². The third-order valence-electron chi connectivity index (χ3n) is 6.49. The molecule has 0 saturated heterocycles. The third kappa shape index (κ3) is 14.0. The molecule has 25 nitrogen and oxygen atoms in total. The van der Waals surface area contributed by atoms with Crippen LogP contribution in [-0.2, 0) is 72.1 Å². The van der Waals surface area contributed by atoms with Gasteiger partial charge in [0.2, 0.25) is 0 Å². The lowest BCUT2D eigenvalue weighted by Crippen LogP contribution is -2.11. The SMILES string of the molecule is COc1ccc(SOOCCOSOOO)cc1N=Nc1c(SOOO)cc2cc(S(=O)(=O)O)c(N=Nc3ccc(S(=O)OCCOS(=O)(=O)O)cc3)c(N)c2c1O. The molecule has 4 aromatic rings. The summed E-state index contributed by atoms with van der Waals surface area (Å²) in [5.74, 6) is -0.487. The average Bonchev–Trinajstić information content (AvgIpc) is 3.18. The van der Waals surface area contributed by atoms with Crippen molar-refractivity contribution in [1.29, 1.82) is 0 Å². The Hall–Kier alpha value is -3.68. The lowest BCUT2D eigenvalue weighted by molar-refractivity contribution is -0.434. The zero-order valence-corrected chi connectivity index (χ0v) is 33.6. The van der Waals surface area contributed by atoms with Crippen LogP contribution in [-0.4, -0.2) is 79.3 Å². The van der Waals surface area contributed by atoms with Gasteiger partial charge in [-0.25, -0.2) is 23.8 Å². The predicted octanol–water partition coefficient (Wildman–Crippen LogP) is 6.46. The van der Waals surface area contributed by atoms with Gasteiger partial charge in [-0.2, -0.15) is 26.3 Å². The van der Waals surface area contributed by atoms with Gasteiger partial charge < -0.3 is 15.6 Å². The van der Waals surface area contributed by atoms with Crippen LogP contribution in [0.25, 0.3) is 10.8 Å². The zero-order valence-electron chi connectivity index (χ0n) is 28.7. The van der Waals surface area contributed by atoms with Gasteiger partial charge in [0.1, 0.15) is 34.3 Å². The van der Waals surface area contributed by atoms with Crippen LogP contribution in [0.1, 0.15) is 0 Å². The molecule has 0 aromatic heterocycles. The highest BCUT2D eigenvalue weighted by Gasteiger charge is 2.26. The van der Waals surface area contributed by atoms with E-state index >= 15 is 0 Å². The van der Waals surface area contributed by atoms with E-state index in [0.29, 0.717) is 29.3 Å². The van der Waals surface area contributed by atoms with Gasteiger partial charge in [-0.05, 0) is 60.0 Å². The van der Waals surface area contributed by atoms with Crippen molar-refractivity contribution in [1.82, 2.24) is 0 Å². The molecule has 0 saturated carbocycles. The standard InChI is InChI=1S/C27H27N5O20S6/c1-43-20-7-4-17(53-50-44-8-9-45-55-52-49-35)14-19(20)30-31-25-21(54-51-48-34)12-15-13-22(57(37,38)39)26(24(28)23(15)27(25)33)32-29-16-2-5-18(6-3-16)56(36)46-10-11-47-58(40,41)42/h2-7,12-14,33-35H,8-11,28H2,1H3,(H,37,38,39)(H,40,41,42). The summed E-state index contributed by atoms with van der Waals surface area (Å²) in [5.41, 5.74) is 5.07. The summed E-state index contributed by atoms with van der Waals surface area (Å²) in [5, 5.41) is 51.2. The van der Waals surface area contributed by atoms with Crippen molar-refractivity contribution in [2.75, 3.05) is 39.3 Å². The van der Waals surface area contributed by atoms with E-state index in [1.165, 1.54) is 49.6 Å². The molecule has 0 aliphatic carbocycles. The van der Waals surface area contributed by atoms with Gasteiger partial charge >= 0.3 is 10.4 Å². The van der Waals surface area contributed by atoms with Gasteiger partial charge in [-0.15, -0.1) is 24.0 Å². The van der Waals surface area contributed by atoms with Gasteiger partial charge in [-0.1, -0.05) is 10.1 Å². The van der Waals surface area contributed by atoms with E-state index in [1.807, 2.05) is 0 Å². The molecule has 58 heavy (non-hydrogen) atoms. The number of phenols is 1. The molecule has 4 aromatic carbocycles. The number of aromatic hydroxyl groups is 1. The van der Waals surface area contributed by atoms with E-state index in [-0.39, 0.29) is 56.6 Å². The summed E-state index contributed by atoms with van der Waals surface area (Å²) in [6.45, 7) is -1.13. The number of phenolic OH excluding ortho intramolecular Hbond substituents is 1. The van der Waals surface area contributed by atoms with Crippen LogP contribution < -0.4 is 10.5 Å². The molecule has 0 aliphatic rings. The summed E-state index contributed by atoms with van der Waals surface area (Å²) in [4.78, 5) is 4.56. The first kappa shape index (κ1) is 47.0. The van der Waals surface area contributed by atoms with Crippen LogP contribution in [0.5, 0.6) is 11.5 Å². The average molecular weight is 934 g/mol. The molecule has 1 unspecified atom stereocenters. The first-order chi connectivity index (χ1) is 27.7. The largest absolute Gasteiger partial charge is 0.505 e. The second kappa shape index (κ2) is 22.6. The number of nitrogens with zero attached hydrogens (tertiary/aromatic N) is 4. The van der Waals surface area contributed by atoms with Crippen molar-refractivity contribution >= 4 is 107 Å². The van der Waals surface area contributed by atoms with Crippen molar-refractivity contribution in [3.63, 3.8) is 0 Å². The van der Waals surface area contributed by atoms with Gasteiger partial charge in [0.15, 0.2) is 29.2 Å². The van der Waals surface area contributed by atoms with E-state index in [0.717, 1.165) is 18.1 Å². The van der Waals surface area contributed by atoms with Crippen LogP contribution in [0.4, 0.5) is 28.4 Å². The fourth-order valence-corrected chi connectivity index (χ4v) is 7.04. The molecule has 0 radical (unpaired) electrons. The molecule has 316 valence electrons. The summed E-state index contributed by atoms with van der Waals surface area (Å²) in [7, 11) is -8.41. The molecular formula is C27H27N5O20S6. The number of nitrogen functional groups attached to an aromatic ring is 1. The number of rotatable bonds is 24. The Balaban J connectivity index is 1.66. The smallest absolute Gasteiger partial charge is 0.397 e. The summed E-state index contributed by atoms with van der Waals surface area (Å²) in [6, 6.07) is 11.9. The number of nitrogens with two attached hydrogens (primary N) is 1. The minimum Gasteiger partial charge on any atom is -0.505 e. The van der Waals surface area contributed by atoms with E-state index in [4.69, 9.17) is 43.1 Å². The Kier molecular flexibility index (Phi) is 18.3. The van der Waals surface area contributed by atoms with Crippen molar-refractivity contribution in [3.05, 3.63) is 54.6 Å². The fraction of sp³-hybridized carbons (Fsp3) is 0.185. The predicted molar refractivity (Wildman–Crippen MR) is 199 cm³/mol. The molecule has 31 heteroatoms. The maximum Gasteiger partial charge on any atom is 0.397 e. The highest BCUT2D eigenvalue weighted by Crippen LogP contribution is 2.50. The number of benzene rings is 4. The van der Waals surface area contributed by atoms with Crippen molar-refractivity contribution < 1.29 is 91.0 Å². The molecular weight excluding hydrogens is 907 g/mol. The summed E-state index contributed by atoms with van der Waals surface area (Å²) >= 11 is -0.648. The normalized spacial score (nSPS) is 12.9. The Morgan fingerprint density at radius 1 is 0.810 bits per heavy atom. The third-order valence-corrected chi connectivity index (χ3v) is 10.5. The number of anilines is 1. The van der Waals surface area contributed by atoms with Crippen LogP contribution in [0.3, 0.4) is 0 Å². The quantitative estimate of drug-likeness (QED) is 0.00835. The molecule has 1 atom stereocenters. The van der Waals surface area contributed by atoms with Gasteiger partial charge in [0.05, 0.1) is 77.6 Å². The van der Waals surface area contributed by atoms with Crippen LogP contribution in [0.15, 0.2) is 94.6 Å². The highest BCUT2D eigenvalue weighted by atomic mass is 32.3. The molecule has 7 N–H and O–H groups in total. The molecule has 0 amide bonds. The Bertz CT molecular complexity index is 2340. The second-order valence-corrected chi connectivity index (χ2v) is 15.7. The molecule has 0 fully saturated rings. The zero-order chi connectivity index (χ0) is 42.3. The first-order valence-corrected chi connectivity index (χ1v) is 20.9. The topological polar surface area (TPSA) is 354 Å². The monoisotopic (exact) mass is 933 g/mol. The van der Waals surface area contributed by atoms with Gasteiger partial charge in [0, 0.05) is 4.90 Å². The number of azo groups is 2. The van der Waals surface area contributed by atoms with Crippen molar-refractivity contribution in [2.45, 2.75) is 19.6 Å². The minimum atomic E-state index is -5.06. The molecule has 0 aliphatic heterocycles. The van der Waals surface area contributed by atoms with E-state index in [1.54, 1.807) is 6.07 Å². The second-order valence-electron chi connectivity index (χ2n) is 10.0. The highest BCUT2D eigenvalue weighted by molar-refractivity contribution is 7.95. The minimum absolute atomic E-state index is 0.0107. The lowest BCUT2D eigenvalue weighted by atomic mass is 10.1. The molecule has 0 bridgehead atoms. The van der Waals surface area contributed by atoms with Gasteiger partial charge in [-0.3, -0.25) is 17.5 Å². The molecule has 0 spiro atoms. The number of methoxy groups -OCH3 is 1. The van der Waals surface area contributed by atoms with E-state index in [9.17, 15) is 30.7 Å². The maximum atomic E-state index is 12.5. The van der Waals surface area contributed by atoms with E-state index in [2.05, 4.69) is 43.4 Å². The van der Waals surface area contributed by atoms with E-state index < -0.39 is 66.8 Å². The molecule has 0 heterocycles. The number of hydrogen-bond donors (Lipinski definition) is 6. The summed E-state index contributed by atoms with van der Waals surface area (Å²) < 4.78 is 110. The lowest BCUT2D eigenvalue weighted by Gasteiger charge is -2.14. The maximum absolute atomic E-state index is 12.5. The molecule has 4 rings (SSSR count). The Morgan fingerprint density at radius 2 is 1.53 bits per heavy atom. The number of ether oxygens (including phenoxy) is 1. The fourth-order valence-electron chi connectivity index (χ4n) is 4.21. The Morgan fingerprint density at radius 3 is 2.21 bits per heavy atom. The Labute approximate surface area is 342 Å². The van der Waals surface area contributed by atoms with Crippen molar-refractivity contribution in [3.8, 4) is 11.5 Å². The first-order valence-electron chi connectivity index (χ1n) is 14.9. The number of hydrogen-bond acceptors (Lipinski definition) is 26. The number of fused-ring (bicyclic) bond motifs is 1. The van der Waals surface area contributed by atoms with Crippen LogP contribution in [0, 0.1) is 0 Å². The van der Waals surface area contributed by atoms with Crippen molar-refractivity contribution in [2.24, 2.45) is 20.5 Å².